The third-order valence-corrected chi connectivity index (χ3v) is 12.9. The van der Waals surface area contributed by atoms with E-state index in [4.69, 9.17) is 23.4 Å². The molecule has 0 amide bonds. The Kier molecular flexibility index (Phi) is 6.09. The summed E-state index contributed by atoms with van der Waals surface area (Å²) in [5.41, 5.74) is -4.45. The normalized spacial score (nSPS) is 52.9. The van der Waals surface area contributed by atoms with Crippen molar-refractivity contribution in [2.45, 2.75) is 109 Å². The zero-order valence-corrected chi connectivity index (χ0v) is 25.4. The van der Waals surface area contributed by atoms with Crippen molar-refractivity contribution in [2.75, 3.05) is 6.61 Å². The van der Waals surface area contributed by atoms with Gasteiger partial charge in [0.15, 0.2) is 0 Å². The van der Waals surface area contributed by atoms with E-state index in [0.29, 0.717) is 6.42 Å². The second kappa shape index (κ2) is 8.90. The summed E-state index contributed by atoms with van der Waals surface area (Å²) in [6.07, 6.45) is -2.80. The Bertz CT molecular complexity index is 1360. The van der Waals surface area contributed by atoms with E-state index in [1.165, 1.54) is 6.92 Å². The molecule has 43 heavy (non-hydrogen) atoms. The first-order valence-corrected chi connectivity index (χ1v) is 15.4. The van der Waals surface area contributed by atoms with Crippen LogP contribution in [0.25, 0.3) is 0 Å². The van der Waals surface area contributed by atoms with Gasteiger partial charge in [-0.2, -0.15) is 0 Å². The Morgan fingerprint density at radius 3 is 2.44 bits per heavy atom. The van der Waals surface area contributed by atoms with Crippen molar-refractivity contribution in [3.05, 3.63) is 24.2 Å². The third-order valence-electron chi connectivity index (χ3n) is 12.9. The van der Waals surface area contributed by atoms with Crippen LogP contribution in [0.3, 0.4) is 0 Å². The van der Waals surface area contributed by atoms with E-state index >= 15 is 0 Å². The molecule has 6 aliphatic rings. The predicted molar refractivity (Wildman–Crippen MR) is 146 cm³/mol. The minimum atomic E-state index is -1.61. The summed E-state index contributed by atoms with van der Waals surface area (Å²) < 4.78 is 29.8. The number of esters is 2. The molecule has 14 atom stereocenters. The number of furan rings is 1. The van der Waals surface area contributed by atoms with Crippen LogP contribution in [-0.2, 0) is 33.3 Å². The number of ketones is 1. The topological polar surface area (TPSA) is 165 Å². The zero-order valence-electron chi connectivity index (χ0n) is 25.4. The third kappa shape index (κ3) is 3.20. The number of ether oxygens (including phenoxy) is 4. The van der Waals surface area contributed by atoms with E-state index < -0.39 is 87.7 Å². The van der Waals surface area contributed by atoms with Crippen LogP contribution in [0, 0.1) is 39.4 Å². The van der Waals surface area contributed by atoms with Gasteiger partial charge in [-0.15, -0.1) is 0 Å². The smallest absolute Gasteiger partial charge is 0.310 e. The predicted octanol–water partition coefficient (Wildman–Crippen LogP) is 2.10. The quantitative estimate of drug-likeness (QED) is 0.341. The molecule has 1 unspecified atom stereocenters. The summed E-state index contributed by atoms with van der Waals surface area (Å²) in [7, 11) is 0. The largest absolute Gasteiger partial charge is 0.472 e. The van der Waals surface area contributed by atoms with Gasteiger partial charge in [0.05, 0.1) is 48.8 Å². The number of carbonyl (C=O) groups excluding carboxylic acids is 3. The van der Waals surface area contributed by atoms with Gasteiger partial charge in [0.2, 0.25) is 6.29 Å². The fourth-order valence-corrected chi connectivity index (χ4v) is 11.2. The van der Waals surface area contributed by atoms with Gasteiger partial charge >= 0.3 is 11.9 Å². The Hall–Kier alpha value is -2.31. The molecule has 4 saturated carbocycles. The molecule has 6 fully saturated rings. The van der Waals surface area contributed by atoms with Crippen LogP contribution in [0.4, 0.5) is 0 Å². The van der Waals surface area contributed by atoms with Gasteiger partial charge in [-0.3, -0.25) is 14.4 Å². The molecule has 4 aliphatic carbocycles. The fraction of sp³-hybridized carbons (Fsp3) is 0.781. The molecule has 2 saturated heterocycles. The Morgan fingerprint density at radius 1 is 1.09 bits per heavy atom. The molecule has 11 heteroatoms. The van der Waals surface area contributed by atoms with Crippen LogP contribution in [0.2, 0.25) is 0 Å². The Balaban J connectivity index is 1.38. The minimum absolute atomic E-state index is 0.0305. The van der Waals surface area contributed by atoms with Crippen LogP contribution < -0.4 is 0 Å². The second-order valence-electron chi connectivity index (χ2n) is 14.9. The van der Waals surface area contributed by atoms with E-state index in [1.54, 1.807) is 33.3 Å². The lowest BCUT2D eigenvalue weighted by molar-refractivity contribution is -0.389. The number of hydrogen-bond acceptors (Lipinski definition) is 11. The number of carbonyl (C=O) groups is 3. The Labute approximate surface area is 250 Å². The molecule has 3 heterocycles. The summed E-state index contributed by atoms with van der Waals surface area (Å²) >= 11 is 0. The molecule has 0 radical (unpaired) electrons. The number of Topliss-reactive ketones (excluding diaryl/α,β-unsaturated/α-hetero) is 1. The summed E-state index contributed by atoms with van der Waals surface area (Å²) in [6, 6.07) is 1.91. The minimum Gasteiger partial charge on any atom is -0.472 e. The summed E-state index contributed by atoms with van der Waals surface area (Å²) in [6.45, 7) is 9.99. The monoisotopic (exact) mass is 602 g/mol. The molecular weight excluding hydrogens is 560 g/mol. The summed E-state index contributed by atoms with van der Waals surface area (Å²) in [5, 5.41) is 36.1. The highest BCUT2D eigenvalue weighted by Gasteiger charge is 2.90. The SMILES string of the molecule is CC(=O)O[C@@H]1[C@H](O)[C@H](O)[C@@]23COC(OC(=O)C(C)C)[C@]1(C)[C@@H]2C[C@@H](O)[C@]1(C)[C@@H]3C(=O)C[C@@]2(C)[C@H](c3ccoc3)C[C@H]3O[C@@]312. The first-order valence-electron chi connectivity index (χ1n) is 15.4. The number of aliphatic hydroxyl groups is 3. The molecule has 7 rings (SSSR count). The van der Waals surface area contributed by atoms with Gasteiger partial charge in [0.25, 0.3) is 0 Å². The molecule has 2 aliphatic heterocycles. The van der Waals surface area contributed by atoms with Crippen molar-refractivity contribution in [1.82, 2.24) is 0 Å². The molecule has 0 aromatic carbocycles. The zero-order chi connectivity index (χ0) is 31.1. The van der Waals surface area contributed by atoms with E-state index in [2.05, 4.69) is 6.92 Å². The summed E-state index contributed by atoms with van der Waals surface area (Å²) in [5.74, 6) is -3.59. The van der Waals surface area contributed by atoms with Gasteiger partial charge in [0.1, 0.15) is 23.6 Å². The standard InChI is InChI=1S/C32H42O11/c1-14(2)26(38)42-27-29(5)19-10-20(35)30(6)23(31(19,13-40-27)24(37)22(36)25(29)41-15(3)33)18(34)11-28(4)17(16-7-8-39-12-16)9-21-32(28,30)43-21/h7-8,12,14,17,19-25,27,35-37H,9-11,13H2,1-6H3/t17-,19-,20+,21+,22+,23-,24-,25+,27?,28-,29+,30+,31-,32+/m0/s1. The van der Waals surface area contributed by atoms with Gasteiger partial charge < -0.3 is 38.7 Å². The molecule has 2 bridgehead atoms. The van der Waals surface area contributed by atoms with Crippen LogP contribution >= 0.6 is 0 Å². The van der Waals surface area contributed by atoms with Gasteiger partial charge in [-0.25, -0.2) is 0 Å². The number of epoxide rings is 1. The number of aliphatic hydroxyl groups excluding tert-OH is 3. The van der Waals surface area contributed by atoms with Crippen molar-refractivity contribution < 1.29 is 53.1 Å². The molecular formula is C32H42O11. The summed E-state index contributed by atoms with van der Waals surface area (Å²) in [4.78, 5) is 39.8. The lowest BCUT2D eigenvalue weighted by Gasteiger charge is -2.73. The van der Waals surface area contributed by atoms with Crippen molar-refractivity contribution in [1.29, 1.82) is 0 Å². The van der Waals surface area contributed by atoms with Crippen molar-refractivity contribution in [3.8, 4) is 0 Å². The van der Waals surface area contributed by atoms with Crippen LogP contribution in [-0.4, -0.2) is 82.1 Å². The number of fused-ring (bicyclic) bond motifs is 1. The molecule has 1 aromatic heterocycles. The molecule has 1 spiro atoms. The van der Waals surface area contributed by atoms with Crippen molar-refractivity contribution in [2.24, 2.45) is 39.4 Å². The van der Waals surface area contributed by atoms with E-state index in [9.17, 15) is 29.7 Å². The van der Waals surface area contributed by atoms with Crippen molar-refractivity contribution in [3.63, 3.8) is 0 Å². The maximum absolute atomic E-state index is 14.7. The fourth-order valence-electron chi connectivity index (χ4n) is 11.2. The highest BCUT2D eigenvalue weighted by molar-refractivity contribution is 5.87. The highest BCUT2D eigenvalue weighted by Crippen LogP contribution is 2.82. The number of rotatable bonds is 4. The van der Waals surface area contributed by atoms with E-state index in [-0.39, 0.29) is 37.3 Å². The van der Waals surface area contributed by atoms with E-state index in [1.807, 2.05) is 13.0 Å². The van der Waals surface area contributed by atoms with Crippen molar-refractivity contribution >= 4 is 17.7 Å². The molecule has 3 N–H and O–H groups in total. The first kappa shape index (κ1) is 29.4. The molecule has 11 nitrogen and oxygen atoms in total. The lowest BCUT2D eigenvalue weighted by Crippen LogP contribution is -2.83. The van der Waals surface area contributed by atoms with Crippen LogP contribution in [0.5, 0.6) is 0 Å². The molecule has 236 valence electrons. The average Bonchev–Trinajstić information content (AvgIpc) is 3.30. The first-order chi connectivity index (χ1) is 20.1. The number of hydrogen-bond donors (Lipinski definition) is 3. The average molecular weight is 603 g/mol. The van der Waals surface area contributed by atoms with Crippen LogP contribution in [0.1, 0.15) is 72.3 Å². The lowest BCUT2D eigenvalue weighted by atomic mass is 9.33. The highest BCUT2D eigenvalue weighted by atomic mass is 16.7. The molecule has 1 aromatic rings. The van der Waals surface area contributed by atoms with Gasteiger partial charge in [0, 0.05) is 35.5 Å². The van der Waals surface area contributed by atoms with Gasteiger partial charge in [-0.1, -0.05) is 27.7 Å². The Morgan fingerprint density at radius 2 is 1.81 bits per heavy atom. The van der Waals surface area contributed by atoms with Crippen LogP contribution in [0.15, 0.2) is 23.0 Å². The maximum Gasteiger partial charge on any atom is 0.310 e. The van der Waals surface area contributed by atoms with Gasteiger partial charge in [-0.05, 0) is 43.2 Å². The maximum atomic E-state index is 14.7. The second-order valence-corrected chi connectivity index (χ2v) is 14.9. The van der Waals surface area contributed by atoms with E-state index in [0.717, 1.165) is 5.56 Å².